The number of guanidine groups is 1. The SMILES string of the molecule is Cc1cc(C)nc(NC(N)=NCc2ccc(O[C@@H]3Cc4ccccc4[C@H]3N)cc2)n1. The zero-order valence-corrected chi connectivity index (χ0v) is 17.2. The second-order valence-electron chi connectivity index (χ2n) is 7.53. The normalized spacial score (nSPS) is 18.2. The molecular formula is C23H26N6O. The fraction of sp³-hybridized carbons (Fsp3) is 0.261. The number of hydrogen-bond donors (Lipinski definition) is 3. The Labute approximate surface area is 176 Å². The van der Waals surface area contributed by atoms with Crippen LogP contribution in [0.15, 0.2) is 59.6 Å². The summed E-state index contributed by atoms with van der Waals surface area (Å²) in [4.78, 5) is 13.0. The fourth-order valence-corrected chi connectivity index (χ4v) is 3.66. The maximum Gasteiger partial charge on any atom is 0.229 e. The molecule has 2 atom stereocenters. The first-order chi connectivity index (χ1) is 14.5. The van der Waals surface area contributed by atoms with E-state index in [2.05, 4.69) is 32.4 Å². The van der Waals surface area contributed by atoms with E-state index in [-0.39, 0.29) is 18.1 Å². The van der Waals surface area contributed by atoms with Gasteiger partial charge in [0.1, 0.15) is 11.9 Å². The predicted octanol–water partition coefficient (Wildman–Crippen LogP) is 3.02. The van der Waals surface area contributed by atoms with Gasteiger partial charge in [0.15, 0.2) is 5.96 Å². The first-order valence-electron chi connectivity index (χ1n) is 9.96. The molecule has 2 aromatic carbocycles. The molecule has 7 heteroatoms. The number of hydrogen-bond acceptors (Lipinski definition) is 5. The number of fused-ring (bicyclic) bond motifs is 1. The molecule has 1 aliphatic rings. The van der Waals surface area contributed by atoms with Gasteiger partial charge in [-0.25, -0.2) is 15.0 Å². The number of nitrogens with zero attached hydrogens (tertiary/aromatic N) is 3. The van der Waals surface area contributed by atoms with Crippen molar-refractivity contribution in [2.75, 3.05) is 5.32 Å². The van der Waals surface area contributed by atoms with E-state index < -0.39 is 0 Å². The van der Waals surface area contributed by atoms with Gasteiger partial charge in [-0.3, -0.25) is 5.32 Å². The van der Waals surface area contributed by atoms with Crippen molar-refractivity contribution < 1.29 is 4.74 Å². The quantitative estimate of drug-likeness (QED) is 0.447. The summed E-state index contributed by atoms with van der Waals surface area (Å²) in [5.41, 5.74) is 17.5. The van der Waals surface area contributed by atoms with Crippen molar-refractivity contribution in [1.29, 1.82) is 0 Å². The molecule has 0 radical (unpaired) electrons. The average molecular weight is 403 g/mol. The van der Waals surface area contributed by atoms with Gasteiger partial charge in [0, 0.05) is 17.8 Å². The molecule has 0 amide bonds. The fourth-order valence-electron chi connectivity index (χ4n) is 3.66. The summed E-state index contributed by atoms with van der Waals surface area (Å²) in [7, 11) is 0. The van der Waals surface area contributed by atoms with Crippen molar-refractivity contribution in [3.8, 4) is 5.75 Å². The molecule has 0 bridgehead atoms. The zero-order chi connectivity index (χ0) is 21.1. The highest BCUT2D eigenvalue weighted by Crippen LogP contribution is 2.32. The van der Waals surface area contributed by atoms with Crippen molar-refractivity contribution in [3.05, 3.63) is 82.7 Å². The summed E-state index contributed by atoms with van der Waals surface area (Å²) in [6.45, 7) is 4.26. The molecule has 0 unspecified atom stereocenters. The number of nitrogens with two attached hydrogens (primary N) is 2. The smallest absolute Gasteiger partial charge is 0.229 e. The zero-order valence-electron chi connectivity index (χ0n) is 17.2. The number of ether oxygens (including phenoxy) is 1. The number of anilines is 1. The number of aryl methyl sites for hydroxylation is 2. The van der Waals surface area contributed by atoms with Crippen LogP contribution in [-0.2, 0) is 13.0 Å². The predicted molar refractivity (Wildman–Crippen MR) is 118 cm³/mol. The minimum Gasteiger partial charge on any atom is -0.488 e. The van der Waals surface area contributed by atoms with Gasteiger partial charge in [-0.15, -0.1) is 0 Å². The molecule has 5 N–H and O–H groups in total. The third-order valence-electron chi connectivity index (χ3n) is 5.10. The van der Waals surface area contributed by atoms with Crippen LogP contribution in [0.25, 0.3) is 0 Å². The van der Waals surface area contributed by atoms with Crippen molar-refractivity contribution in [2.24, 2.45) is 16.5 Å². The van der Waals surface area contributed by atoms with E-state index in [1.54, 1.807) is 0 Å². The lowest BCUT2D eigenvalue weighted by Crippen LogP contribution is -2.27. The molecule has 3 aromatic rings. The van der Waals surface area contributed by atoms with Gasteiger partial charge in [0.05, 0.1) is 12.6 Å². The molecule has 1 aliphatic carbocycles. The summed E-state index contributed by atoms with van der Waals surface area (Å²) in [6.07, 6.45) is 0.774. The molecule has 30 heavy (non-hydrogen) atoms. The maximum atomic E-state index is 6.36. The highest BCUT2D eigenvalue weighted by Gasteiger charge is 2.30. The summed E-state index contributed by atoms with van der Waals surface area (Å²) in [5.74, 6) is 1.52. The topological polar surface area (TPSA) is 111 Å². The number of aliphatic imine (C=N–C) groups is 1. The van der Waals surface area contributed by atoms with Crippen LogP contribution in [0, 0.1) is 13.8 Å². The molecule has 1 heterocycles. The van der Waals surface area contributed by atoms with Gasteiger partial charge in [0.2, 0.25) is 5.95 Å². The Bertz CT molecular complexity index is 1040. The number of benzene rings is 2. The largest absolute Gasteiger partial charge is 0.488 e. The van der Waals surface area contributed by atoms with Crippen molar-refractivity contribution >= 4 is 11.9 Å². The second kappa shape index (κ2) is 8.51. The van der Waals surface area contributed by atoms with Gasteiger partial charge >= 0.3 is 0 Å². The molecule has 0 saturated heterocycles. The summed E-state index contributed by atoms with van der Waals surface area (Å²) >= 11 is 0. The molecule has 154 valence electrons. The first kappa shape index (κ1) is 19.8. The van der Waals surface area contributed by atoms with Crippen LogP contribution in [0.4, 0.5) is 5.95 Å². The molecule has 0 spiro atoms. The molecule has 4 rings (SSSR count). The van der Waals surface area contributed by atoms with Crippen LogP contribution >= 0.6 is 0 Å². The van der Waals surface area contributed by atoms with Gasteiger partial charge < -0.3 is 16.2 Å². The van der Waals surface area contributed by atoms with Gasteiger partial charge in [-0.1, -0.05) is 36.4 Å². The van der Waals surface area contributed by atoms with Crippen LogP contribution in [0.5, 0.6) is 5.75 Å². The minimum absolute atomic E-state index is 0.0519. The second-order valence-corrected chi connectivity index (χ2v) is 7.53. The number of nitrogens with one attached hydrogen (secondary N) is 1. The molecule has 1 aromatic heterocycles. The van der Waals surface area contributed by atoms with Crippen LogP contribution in [-0.4, -0.2) is 22.0 Å². The van der Waals surface area contributed by atoms with E-state index in [0.29, 0.717) is 12.5 Å². The number of aromatic nitrogens is 2. The average Bonchev–Trinajstić information content (AvgIpc) is 3.02. The Morgan fingerprint density at radius 3 is 2.50 bits per heavy atom. The van der Waals surface area contributed by atoms with E-state index in [9.17, 15) is 0 Å². The van der Waals surface area contributed by atoms with E-state index in [1.807, 2.05) is 56.3 Å². The lowest BCUT2D eigenvalue weighted by molar-refractivity contribution is 0.185. The molecule has 0 aliphatic heterocycles. The van der Waals surface area contributed by atoms with E-state index >= 15 is 0 Å². The standard InChI is InChI=1S/C23H26N6O/c1-14-11-15(2)28-23(27-14)29-22(25)26-13-16-7-9-18(10-8-16)30-20-12-17-5-3-4-6-19(17)21(20)24/h3-11,20-21H,12-13,24H2,1-2H3,(H3,25,26,27,28,29)/t20-,21-/m1/s1. The molecule has 7 nitrogen and oxygen atoms in total. The Balaban J connectivity index is 1.34. The highest BCUT2D eigenvalue weighted by atomic mass is 16.5. The summed E-state index contributed by atoms with van der Waals surface area (Å²) in [6, 6.07) is 17.9. The van der Waals surface area contributed by atoms with Gasteiger partial charge in [-0.05, 0) is 48.7 Å². The lowest BCUT2D eigenvalue weighted by Gasteiger charge is -2.18. The van der Waals surface area contributed by atoms with E-state index in [0.717, 1.165) is 29.1 Å². The first-order valence-corrected chi connectivity index (χ1v) is 9.96. The van der Waals surface area contributed by atoms with Crippen molar-refractivity contribution in [2.45, 2.75) is 39.0 Å². The lowest BCUT2D eigenvalue weighted by atomic mass is 10.1. The number of rotatable bonds is 5. The Kier molecular flexibility index (Phi) is 5.63. The maximum absolute atomic E-state index is 6.36. The van der Waals surface area contributed by atoms with Crippen molar-refractivity contribution in [1.82, 2.24) is 9.97 Å². The molecule has 0 fully saturated rings. The monoisotopic (exact) mass is 402 g/mol. The minimum atomic E-state index is -0.108. The van der Waals surface area contributed by atoms with Crippen LogP contribution < -0.4 is 21.5 Å². The summed E-state index contributed by atoms with van der Waals surface area (Å²) in [5, 5.41) is 2.93. The Morgan fingerprint density at radius 1 is 1.10 bits per heavy atom. The third kappa shape index (κ3) is 4.58. The molecular weight excluding hydrogens is 376 g/mol. The third-order valence-corrected chi connectivity index (χ3v) is 5.10. The summed E-state index contributed by atoms with van der Waals surface area (Å²) < 4.78 is 6.14. The van der Waals surface area contributed by atoms with Gasteiger partial charge in [-0.2, -0.15) is 0 Å². The van der Waals surface area contributed by atoms with E-state index in [1.165, 1.54) is 11.1 Å². The van der Waals surface area contributed by atoms with Crippen molar-refractivity contribution in [3.63, 3.8) is 0 Å². The van der Waals surface area contributed by atoms with Crippen LogP contribution in [0.2, 0.25) is 0 Å². The highest BCUT2D eigenvalue weighted by molar-refractivity contribution is 5.90. The van der Waals surface area contributed by atoms with Gasteiger partial charge in [0.25, 0.3) is 0 Å². The van der Waals surface area contributed by atoms with Crippen LogP contribution in [0.1, 0.15) is 34.1 Å². The van der Waals surface area contributed by atoms with Crippen LogP contribution in [0.3, 0.4) is 0 Å². The molecule has 0 saturated carbocycles. The Morgan fingerprint density at radius 2 is 1.80 bits per heavy atom. The van der Waals surface area contributed by atoms with E-state index in [4.69, 9.17) is 16.2 Å². The Hall–Kier alpha value is -3.45.